The molecule has 134 valence electrons. The van der Waals surface area contributed by atoms with E-state index in [1.54, 1.807) is 24.4 Å². The number of aliphatic hydroxyl groups excluding tert-OH is 1. The summed E-state index contributed by atoms with van der Waals surface area (Å²) in [5.74, 6) is 0. The van der Waals surface area contributed by atoms with Crippen molar-refractivity contribution < 1.29 is 9.90 Å². The molecule has 2 amide bonds. The summed E-state index contributed by atoms with van der Waals surface area (Å²) in [4.78, 5) is 17.2. The van der Waals surface area contributed by atoms with Gasteiger partial charge in [-0.3, -0.25) is 5.32 Å². The molecule has 1 aromatic heterocycles. The molecule has 0 spiro atoms. The summed E-state index contributed by atoms with van der Waals surface area (Å²) < 4.78 is 0. The summed E-state index contributed by atoms with van der Waals surface area (Å²) in [6, 6.07) is 14.1. The smallest absolute Gasteiger partial charge is 0.321 e. The third kappa shape index (κ3) is 4.74. The van der Waals surface area contributed by atoms with Crippen LogP contribution in [0.3, 0.4) is 0 Å². The Kier molecular flexibility index (Phi) is 6.11. The number of hydrogen-bond acceptors (Lipinski definition) is 4. The number of rotatable bonds is 5. The average molecular weight is 408 g/mol. The number of nitrogens with one attached hydrogen (secondary N) is 2. The van der Waals surface area contributed by atoms with E-state index in [9.17, 15) is 9.90 Å². The maximum Gasteiger partial charge on any atom is 0.321 e. The first-order valence-corrected chi connectivity index (χ1v) is 9.29. The molecule has 0 aliphatic heterocycles. The number of carbonyl (C=O) groups is 1. The zero-order valence-corrected chi connectivity index (χ0v) is 15.8. The number of anilines is 1. The minimum absolute atomic E-state index is 0.00407. The maximum absolute atomic E-state index is 12.0. The molecule has 3 N–H and O–H groups in total. The normalized spacial score (nSPS) is 11.8. The van der Waals surface area contributed by atoms with Crippen LogP contribution in [-0.2, 0) is 0 Å². The first-order chi connectivity index (χ1) is 12.5. The van der Waals surface area contributed by atoms with Crippen LogP contribution in [0.15, 0.2) is 54.7 Å². The Morgan fingerprint density at radius 2 is 1.96 bits per heavy atom. The molecular formula is C18H15Cl2N3O2S. The number of halogens is 2. The van der Waals surface area contributed by atoms with Crippen LogP contribution in [0.1, 0.15) is 11.7 Å². The summed E-state index contributed by atoms with van der Waals surface area (Å²) >= 11 is 13.3. The van der Waals surface area contributed by atoms with Crippen LogP contribution in [-0.4, -0.2) is 22.7 Å². The summed E-state index contributed by atoms with van der Waals surface area (Å²) in [5.41, 5.74) is 1.53. The predicted octanol–water partition coefficient (Wildman–Crippen LogP) is 4.97. The van der Waals surface area contributed by atoms with Gasteiger partial charge >= 0.3 is 6.03 Å². The molecule has 1 heterocycles. The molecule has 0 saturated carbocycles. The molecule has 1 atom stereocenters. The zero-order chi connectivity index (χ0) is 18.5. The molecule has 0 bridgehead atoms. The largest absolute Gasteiger partial charge is 0.387 e. The quantitative estimate of drug-likeness (QED) is 0.558. The van der Waals surface area contributed by atoms with Crippen LogP contribution in [0.5, 0.6) is 0 Å². The SMILES string of the molecule is O=C(NCC(O)c1ccc(Cl)cc1Cl)Nc1ncc(-c2ccccc2)s1. The standard InChI is InChI=1S/C18H15Cl2N3O2S/c19-12-6-7-13(14(20)8-12)15(24)9-21-17(25)23-18-22-10-16(26-18)11-4-2-1-3-5-11/h1-8,10,15,24H,9H2,(H2,21,22,23,25). The van der Waals surface area contributed by atoms with E-state index in [0.717, 1.165) is 10.4 Å². The van der Waals surface area contributed by atoms with Gasteiger partial charge in [0, 0.05) is 28.4 Å². The Morgan fingerprint density at radius 1 is 1.19 bits per heavy atom. The van der Waals surface area contributed by atoms with E-state index in [1.165, 1.54) is 11.3 Å². The van der Waals surface area contributed by atoms with E-state index in [0.29, 0.717) is 20.7 Å². The Bertz CT molecular complexity index is 902. The molecule has 0 radical (unpaired) electrons. The van der Waals surface area contributed by atoms with Gasteiger partial charge in [-0.05, 0) is 17.7 Å². The Labute approximate surface area is 164 Å². The topological polar surface area (TPSA) is 74.2 Å². The van der Waals surface area contributed by atoms with Gasteiger partial charge in [-0.1, -0.05) is 70.9 Å². The molecule has 3 aromatic rings. The molecule has 0 aliphatic carbocycles. The second-order valence-corrected chi connectivity index (χ2v) is 7.29. The maximum atomic E-state index is 12.0. The highest BCUT2D eigenvalue weighted by Crippen LogP contribution is 2.29. The molecule has 0 fully saturated rings. The number of carbonyl (C=O) groups excluding carboxylic acids is 1. The number of nitrogens with zero attached hydrogens (tertiary/aromatic N) is 1. The van der Waals surface area contributed by atoms with Gasteiger partial charge in [0.2, 0.25) is 0 Å². The van der Waals surface area contributed by atoms with Crippen molar-refractivity contribution in [2.24, 2.45) is 0 Å². The van der Waals surface area contributed by atoms with Crippen molar-refractivity contribution >= 4 is 45.7 Å². The molecule has 3 rings (SSSR count). The highest BCUT2D eigenvalue weighted by atomic mass is 35.5. The molecule has 2 aromatic carbocycles. The number of amides is 2. The second-order valence-electron chi connectivity index (χ2n) is 5.41. The van der Waals surface area contributed by atoms with Crippen LogP contribution in [0.25, 0.3) is 10.4 Å². The van der Waals surface area contributed by atoms with Crippen molar-refractivity contribution in [2.45, 2.75) is 6.10 Å². The molecule has 26 heavy (non-hydrogen) atoms. The highest BCUT2D eigenvalue weighted by Gasteiger charge is 2.14. The van der Waals surface area contributed by atoms with Crippen LogP contribution >= 0.6 is 34.5 Å². The Hall–Kier alpha value is -2.12. The van der Waals surface area contributed by atoms with Crippen LogP contribution < -0.4 is 10.6 Å². The number of urea groups is 1. The molecular weight excluding hydrogens is 393 g/mol. The van der Waals surface area contributed by atoms with E-state index in [4.69, 9.17) is 23.2 Å². The molecule has 8 heteroatoms. The summed E-state index contributed by atoms with van der Waals surface area (Å²) in [7, 11) is 0. The van der Waals surface area contributed by atoms with Crippen molar-refractivity contribution in [3.05, 3.63) is 70.3 Å². The molecule has 0 saturated heterocycles. The molecule has 5 nitrogen and oxygen atoms in total. The fraction of sp³-hybridized carbons (Fsp3) is 0.111. The number of hydrogen-bond donors (Lipinski definition) is 3. The lowest BCUT2D eigenvalue weighted by molar-refractivity contribution is 0.175. The number of aromatic nitrogens is 1. The van der Waals surface area contributed by atoms with Gasteiger partial charge in [0.1, 0.15) is 0 Å². The van der Waals surface area contributed by atoms with Gasteiger partial charge in [0.05, 0.1) is 11.0 Å². The van der Waals surface area contributed by atoms with E-state index in [-0.39, 0.29) is 6.54 Å². The highest BCUT2D eigenvalue weighted by molar-refractivity contribution is 7.19. The number of thiazole rings is 1. The summed E-state index contributed by atoms with van der Waals surface area (Å²) in [6.45, 7) is 0.00407. The average Bonchev–Trinajstić information content (AvgIpc) is 3.09. The third-order valence-electron chi connectivity index (χ3n) is 3.56. The molecule has 1 unspecified atom stereocenters. The van der Waals surface area contributed by atoms with Crippen LogP contribution in [0.2, 0.25) is 10.0 Å². The predicted molar refractivity (Wildman–Crippen MR) is 106 cm³/mol. The minimum Gasteiger partial charge on any atom is -0.387 e. The van der Waals surface area contributed by atoms with Gasteiger partial charge < -0.3 is 10.4 Å². The minimum atomic E-state index is -0.943. The second kappa shape index (κ2) is 8.51. The van der Waals surface area contributed by atoms with E-state index < -0.39 is 12.1 Å². The Balaban J connectivity index is 1.55. The van der Waals surface area contributed by atoms with Crippen LogP contribution in [0.4, 0.5) is 9.93 Å². The van der Waals surface area contributed by atoms with E-state index in [2.05, 4.69) is 15.6 Å². The fourth-order valence-corrected chi connectivity index (χ4v) is 3.63. The van der Waals surface area contributed by atoms with Gasteiger partial charge in [0.15, 0.2) is 5.13 Å². The van der Waals surface area contributed by atoms with Crippen molar-refractivity contribution in [3.8, 4) is 10.4 Å². The first kappa shape index (κ1) is 18.7. The fourth-order valence-electron chi connectivity index (χ4n) is 2.28. The molecule has 0 aliphatic rings. The van der Waals surface area contributed by atoms with Gasteiger partial charge in [-0.15, -0.1) is 0 Å². The van der Waals surface area contributed by atoms with Crippen molar-refractivity contribution in [1.29, 1.82) is 0 Å². The summed E-state index contributed by atoms with van der Waals surface area (Å²) in [6.07, 6.45) is 0.763. The van der Waals surface area contributed by atoms with Crippen LogP contribution in [0, 0.1) is 0 Å². The number of benzene rings is 2. The lowest BCUT2D eigenvalue weighted by Crippen LogP contribution is -2.32. The van der Waals surface area contributed by atoms with Gasteiger partial charge in [-0.2, -0.15) is 0 Å². The summed E-state index contributed by atoms with van der Waals surface area (Å²) in [5, 5.41) is 16.7. The number of aliphatic hydroxyl groups is 1. The van der Waals surface area contributed by atoms with E-state index in [1.807, 2.05) is 30.3 Å². The monoisotopic (exact) mass is 407 g/mol. The zero-order valence-electron chi connectivity index (χ0n) is 13.4. The Morgan fingerprint density at radius 3 is 2.69 bits per heavy atom. The first-order valence-electron chi connectivity index (χ1n) is 7.72. The van der Waals surface area contributed by atoms with Gasteiger partial charge in [-0.25, -0.2) is 9.78 Å². The third-order valence-corrected chi connectivity index (χ3v) is 5.09. The van der Waals surface area contributed by atoms with Crippen molar-refractivity contribution in [2.75, 3.05) is 11.9 Å². The van der Waals surface area contributed by atoms with Crippen molar-refractivity contribution in [3.63, 3.8) is 0 Å². The van der Waals surface area contributed by atoms with E-state index >= 15 is 0 Å². The van der Waals surface area contributed by atoms with Gasteiger partial charge in [0.25, 0.3) is 0 Å². The van der Waals surface area contributed by atoms with Crippen molar-refractivity contribution in [1.82, 2.24) is 10.3 Å². The lowest BCUT2D eigenvalue weighted by atomic mass is 10.1. The lowest BCUT2D eigenvalue weighted by Gasteiger charge is -2.14.